The van der Waals surface area contributed by atoms with E-state index in [1.807, 2.05) is 0 Å². The molecule has 2 N–H and O–H groups in total. The monoisotopic (exact) mass is 300 g/mol. The van der Waals surface area contributed by atoms with E-state index in [-0.39, 0.29) is 24.8 Å². The fraction of sp³-hybridized carbons (Fsp3) is 1.00. The smallest absolute Gasteiger partial charge is 0.303 e. The van der Waals surface area contributed by atoms with Crippen LogP contribution in [0.25, 0.3) is 0 Å². The van der Waals surface area contributed by atoms with Gasteiger partial charge in [-0.25, -0.2) is 4.57 Å². The summed E-state index contributed by atoms with van der Waals surface area (Å²) in [6.07, 6.45) is 0. The van der Waals surface area contributed by atoms with Crippen molar-refractivity contribution in [1.82, 2.24) is 0 Å². The molecular formula is C2H6Cl5O4P. The van der Waals surface area contributed by atoms with Gasteiger partial charge in [-0.05, 0) is 0 Å². The molecule has 4 nitrogen and oxygen atoms in total. The molecule has 0 atom stereocenters. The van der Waals surface area contributed by atoms with E-state index in [2.05, 4.69) is 4.52 Å². The van der Waals surface area contributed by atoms with E-state index in [9.17, 15) is 4.57 Å². The maximum atomic E-state index is 9.97. The Morgan fingerprint density at radius 1 is 1.25 bits per heavy atom. The SMILES string of the molecule is Cl.Cl.O=P(O)(O)OCC(Cl)(Cl)Cl. The molecule has 0 saturated heterocycles. The van der Waals surface area contributed by atoms with Crippen LogP contribution in [0.2, 0.25) is 0 Å². The summed E-state index contributed by atoms with van der Waals surface area (Å²) in [6.45, 7) is -0.637. The topological polar surface area (TPSA) is 66.8 Å². The molecule has 0 aliphatic heterocycles. The second kappa shape index (κ2) is 6.93. The summed E-state index contributed by atoms with van der Waals surface area (Å²) < 4.78 is 12.0. The zero-order valence-electron chi connectivity index (χ0n) is 5.32. The van der Waals surface area contributed by atoms with Crippen LogP contribution >= 0.6 is 67.4 Å². The predicted octanol–water partition coefficient (Wildman–Crippen LogP) is 2.31. The first kappa shape index (κ1) is 19.2. The Kier molecular flexibility index (Phi) is 11.1. The molecule has 0 aromatic rings. The number of rotatable bonds is 2. The molecule has 0 saturated carbocycles. The zero-order valence-corrected chi connectivity index (χ0v) is 10.1. The molecule has 0 aliphatic carbocycles. The standard InChI is InChI=1S/C2H4Cl3O4P.2ClH/c3-2(4,5)1-9-10(6,7)8;;/h1H2,(H2,6,7,8);2*1H. The minimum atomic E-state index is -4.52. The lowest BCUT2D eigenvalue weighted by Crippen LogP contribution is -2.11. The van der Waals surface area contributed by atoms with Crippen LogP contribution in [-0.2, 0) is 9.09 Å². The zero-order chi connectivity index (χ0) is 8.41. The Labute approximate surface area is 96.6 Å². The molecule has 0 spiro atoms. The van der Waals surface area contributed by atoms with E-state index in [4.69, 9.17) is 44.6 Å². The van der Waals surface area contributed by atoms with Crippen LogP contribution < -0.4 is 0 Å². The van der Waals surface area contributed by atoms with Crippen LogP contribution in [0.5, 0.6) is 0 Å². The second-order valence-corrected chi connectivity index (χ2v) is 5.13. The molecular weight excluding hydrogens is 296 g/mol. The number of hydrogen-bond donors (Lipinski definition) is 2. The highest BCUT2D eigenvalue weighted by atomic mass is 35.6. The maximum absolute atomic E-state index is 9.97. The third-order valence-electron chi connectivity index (χ3n) is 0.396. The first-order valence-electron chi connectivity index (χ1n) is 1.97. The minimum absolute atomic E-state index is 0. The summed E-state index contributed by atoms with van der Waals surface area (Å²) in [7, 11) is -4.52. The molecule has 0 aromatic carbocycles. The summed E-state index contributed by atoms with van der Waals surface area (Å²) in [5.74, 6) is 0. The molecule has 0 rings (SSSR count). The number of alkyl halides is 3. The average Bonchev–Trinajstić information content (AvgIpc) is 1.57. The number of hydrogen-bond acceptors (Lipinski definition) is 2. The molecule has 0 aromatic heterocycles. The van der Waals surface area contributed by atoms with Gasteiger partial charge in [-0.3, -0.25) is 4.52 Å². The summed E-state index contributed by atoms with van der Waals surface area (Å²) in [4.78, 5) is 16.2. The molecule has 0 radical (unpaired) electrons. The van der Waals surface area contributed by atoms with Crippen molar-refractivity contribution in [2.24, 2.45) is 0 Å². The fourth-order valence-electron chi connectivity index (χ4n) is 0.157. The van der Waals surface area contributed by atoms with Gasteiger partial charge in [0.2, 0.25) is 3.79 Å². The summed E-state index contributed by atoms with van der Waals surface area (Å²) >= 11 is 15.3. The molecule has 78 valence electrons. The van der Waals surface area contributed by atoms with Gasteiger partial charge in [0.05, 0.1) is 0 Å². The van der Waals surface area contributed by atoms with Gasteiger partial charge in [0.1, 0.15) is 6.61 Å². The van der Waals surface area contributed by atoms with E-state index in [0.29, 0.717) is 0 Å². The first-order valence-corrected chi connectivity index (χ1v) is 4.64. The van der Waals surface area contributed by atoms with Crippen molar-refractivity contribution in [2.75, 3.05) is 6.61 Å². The van der Waals surface area contributed by atoms with Crippen LogP contribution in [-0.4, -0.2) is 20.2 Å². The van der Waals surface area contributed by atoms with Crippen molar-refractivity contribution >= 4 is 67.4 Å². The Hall–Kier alpha value is 1.56. The van der Waals surface area contributed by atoms with Gasteiger partial charge in [0, 0.05) is 0 Å². The third kappa shape index (κ3) is 17.6. The lowest BCUT2D eigenvalue weighted by Gasteiger charge is -2.10. The predicted molar refractivity (Wildman–Crippen MR) is 52.8 cm³/mol. The van der Waals surface area contributed by atoms with Crippen LogP contribution in [0, 0.1) is 0 Å². The van der Waals surface area contributed by atoms with Crippen molar-refractivity contribution in [3.05, 3.63) is 0 Å². The number of phosphoric acid groups is 1. The quantitative estimate of drug-likeness (QED) is 0.607. The van der Waals surface area contributed by atoms with Gasteiger partial charge in [-0.15, -0.1) is 24.8 Å². The van der Waals surface area contributed by atoms with Crippen LogP contribution in [0.1, 0.15) is 0 Å². The first-order chi connectivity index (χ1) is 4.21. The van der Waals surface area contributed by atoms with E-state index in [0.717, 1.165) is 0 Å². The van der Waals surface area contributed by atoms with Gasteiger partial charge in [-0.2, -0.15) is 0 Å². The van der Waals surface area contributed by atoms with Crippen LogP contribution in [0.4, 0.5) is 0 Å². The van der Waals surface area contributed by atoms with Crippen LogP contribution in [0.3, 0.4) is 0 Å². The van der Waals surface area contributed by atoms with Crippen LogP contribution in [0.15, 0.2) is 0 Å². The van der Waals surface area contributed by atoms with E-state index in [1.165, 1.54) is 0 Å². The third-order valence-corrected chi connectivity index (χ3v) is 1.19. The molecule has 0 fully saturated rings. The molecule has 0 aliphatic rings. The van der Waals surface area contributed by atoms with E-state index >= 15 is 0 Å². The highest BCUT2D eigenvalue weighted by Crippen LogP contribution is 2.39. The highest BCUT2D eigenvalue weighted by Gasteiger charge is 2.25. The Balaban J connectivity index is -0.000000405. The second-order valence-electron chi connectivity index (χ2n) is 1.38. The van der Waals surface area contributed by atoms with Gasteiger partial charge < -0.3 is 9.79 Å². The van der Waals surface area contributed by atoms with Gasteiger partial charge in [0.15, 0.2) is 0 Å². The minimum Gasteiger partial charge on any atom is -0.303 e. The van der Waals surface area contributed by atoms with Gasteiger partial charge in [-0.1, -0.05) is 34.8 Å². The average molecular weight is 302 g/mol. The van der Waals surface area contributed by atoms with Crippen molar-refractivity contribution in [3.8, 4) is 0 Å². The number of halogens is 5. The molecule has 12 heavy (non-hydrogen) atoms. The lowest BCUT2D eigenvalue weighted by atomic mass is 10.9. The molecule has 10 heteroatoms. The molecule has 0 bridgehead atoms. The lowest BCUT2D eigenvalue weighted by molar-refractivity contribution is 0.200. The van der Waals surface area contributed by atoms with Crippen molar-refractivity contribution in [3.63, 3.8) is 0 Å². The molecule has 0 amide bonds. The van der Waals surface area contributed by atoms with E-state index in [1.54, 1.807) is 0 Å². The van der Waals surface area contributed by atoms with Crippen molar-refractivity contribution < 1.29 is 18.9 Å². The Bertz CT molecular complexity index is 150. The summed E-state index contributed by atoms with van der Waals surface area (Å²) in [5, 5.41) is 0. The van der Waals surface area contributed by atoms with Gasteiger partial charge in [0.25, 0.3) is 0 Å². The van der Waals surface area contributed by atoms with Crippen molar-refractivity contribution in [2.45, 2.75) is 3.79 Å². The normalized spacial score (nSPS) is 11.4. The Morgan fingerprint density at radius 3 is 1.67 bits per heavy atom. The van der Waals surface area contributed by atoms with E-state index < -0.39 is 18.2 Å². The number of phosphoric ester groups is 1. The fourth-order valence-corrected chi connectivity index (χ4v) is 0.911. The van der Waals surface area contributed by atoms with Gasteiger partial charge >= 0.3 is 7.82 Å². The summed E-state index contributed by atoms with van der Waals surface area (Å²) in [5.41, 5.74) is 0. The largest absolute Gasteiger partial charge is 0.469 e. The molecule has 0 unspecified atom stereocenters. The Morgan fingerprint density at radius 2 is 1.58 bits per heavy atom. The maximum Gasteiger partial charge on any atom is 0.469 e. The highest BCUT2D eigenvalue weighted by molar-refractivity contribution is 7.46. The summed E-state index contributed by atoms with van der Waals surface area (Å²) in [6, 6.07) is 0. The molecule has 0 heterocycles. The van der Waals surface area contributed by atoms with Crippen molar-refractivity contribution in [1.29, 1.82) is 0 Å².